The molecule has 0 aromatic heterocycles. The predicted molar refractivity (Wildman–Crippen MR) is 231 cm³/mol. The van der Waals surface area contributed by atoms with Crippen LogP contribution in [0.2, 0.25) is 0 Å². The average molecular weight is 803 g/mol. The molecule has 0 amide bonds. The number of halogens is 1. The van der Waals surface area contributed by atoms with Gasteiger partial charge in [-0.25, -0.2) is 0 Å². The number of unbranched alkanes of at least 4 members (excludes halogenated alkanes) is 11. The SMILES string of the molecule is CCCCCCCCc1cc(N=C(C)C(CC)=Nc2cc(CCCC)c(C)c(-c3ccccc3)c2)cc(CC)c1CCCCCCCC.[CH3-].[Ni][Br]. The molecule has 0 N–H and O–H groups in total. The van der Waals surface area contributed by atoms with E-state index in [1.54, 1.807) is 11.1 Å². The second kappa shape index (κ2) is 28.5. The monoisotopic (exact) mass is 800 g/mol. The van der Waals surface area contributed by atoms with Gasteiger partial charge in [0.1, 0.15) is 0 Å². The maximum atomic E-state index is 5.29. The minimum atomic E-state index is 0. The standard InChI is InChI=1S/C46H68N2.CH3.BrH.Ni/c1-8-13-16-18-20-23-30-41-34-42(32-38(11-4)44(41)31-26-21-19-17-14-9-2)47-37(7)46(12-5)48-43-33-40(27-15-10-3)36(6)45(35-43)39-28-24-22-25-29-39;;;/h22,24-25,28-29,32-35H,8-21,23,26-27,30-31H2,1-7H3;1H3;1H;/q;-1;;+1/p-1. The fourth-order valence-corrected chi connectivity index (χ4v) is 7.08. The van der Waals surface area contributed by atoms with Crippen LogP contribution in [0, 0.1) is 14.4 Å². The fourth-order valence-electron chi connectivity index (χ4n) is 7.08. The van der Waals surface area contributed by atoms with Crippen LogP contribution in [0.25, 0.3) is 11.1 Å². The first-order valence-electron chi connectivity index (χ1n) is 20.0. The Morgan fingerprint density at radius 3 is 1.69 bits per heavy atom. The van der Waals surface area contributed by atoms with Gasteiger partial charge in [-0.2, -0.15) is 0 Å². The molecular weight excluding hydrogens is 731 g/mol. The Hall–Kier alpha value is -2.03. The molecule has 2 nitrogen and oxygen atoms in total. The van der Waals surface area contributed by atoms with Crippen LogP contribution in [0.5, 0.6) is 0 Å². The normalized spacial score (nSPS) is 11.6. The molecule has 0 heterocycles. The van der Waals surface area contributed by atoms with Gasteiger partial charge in [0, 0.05) is 0 Å². The fraction of sp³-hybridized carbons (Fsp3) is 0.553. The molecule has 0 spiro atoms. The zero-order chi connectivity index (χ0) is 36.6. The molecule has 0 atom stereocenters. The van der Waals surface area contributed by atoms with E-state index < -0.39 is 0 Å². The third kappa shape index (κ3) is 16.7. The summed E-state index contributed by atoms with van der Waals surface area (Å²) in [5.41, 5.74) is 14.3. The van der Waals surface area contributed by atoms with Crippen LogP contribution < -0.4 is 0 Å². The first-order chi connectivity index (χ1) is 24.4. The maximum absolute atomic E-state index is 5.29. The van der Waals surface area contributed by atoms with E-state index in [1.165, 1.54) is 131 Å². The summed E-state index contributed by atoms with van der Waals surface area (Å²) >= 11 is 6.25. The molecule has 0 radical (unpaired) electrons. The first kappa shape index (κ1) is 47.0. The van der Waals surface area contributed by atoms with Crippen LogP contribution in [-0.2, 0) is 39.4 Å². The molecule has 0 fully saturated rings. The number of aliphatic imine (C=N–C) groups is 2. The number of benzene rings is 3. The van der Waals surface area contributed by atoms with Gasteiger partial charge < -0.3 is 7.43 Å². The second-order valence-corrected chi connectivity index (χ2v) is 14.0. The van der Waals surface area contributed by atoms with Crippen LogP contribution in [0.1, 0.15) is 166 Å². The van der Waals surface area contributed by atoms with Gasteiger partial charge in [0.25, 0.3) is 0 Å². The molecule has 0 unspecified atom stereocenters. The van der Waals surface area contributed by atoms with Crippen molar-refractivity contribution < 1.29 is 13.7 Å². The Labute approximate surface area is 330 Å². The minimum absolute atomic E-state index is 0. The molecular formula is C47H71BrN2Ni-. The summed E-state index contributed by atoms with van der Waals surface area (Å²) in [6.07, 6.45) is 23.9. The van der Waals surface area contributed by atoms with Gasteiger partial charge >= 0.3 is 27.9 Å². The molecule has 287 valence electrons. The summed E-state index contributed by atoms with van der Waals surface area (Å²) in [5, 5.41) is 0. The Bertz CT molecular complexity index is 1430. The van der Waals surface area contributed by atoms with Crippen molar-refractivity contribution in [1.82, 2.24) is 0 Å². The van der Waals surface area contributed by atoms with Gasteiger partial charge in [-0.3, -0.25) is 9.98 Å². The molecule has 3 aromatic carbocycles. The van der Waals surface area contributed by atoms with Crippen molar-refractivity contribution in [3.8, 4) is 11.1 Å². The molecule has 0 aliphatic rings. The van der Waals surface area contributed by atoms with Crippen LogP contribution in [0.15, 0.2) is 64.6 Å². The quantitative estimate of drug-likeness (QED) is 0.0395. The zero-order valence-electron chi connectivity index (χ0n) is 33.7. The third-order valence-electron chi connectivity index (χ3n) is 10.1. The van der Waals surface area contributed by atoms with Crippen molar-refractivity contribution in [1.29, 1.82) is 0 Å². The molecule has 0 aliphatic carbocycles. The van der Waals surface area contributed by atoms with Gasteiger partial charge in [-0.1, -0.05) is 136 Å². The summed E-state index contributed by atoms with van der Waals surface area (Å²) < 4.78 is 0. The van der Waals surface area contributed by atoms with E-state index in [1.807, 2.05) is 0 Å². The van der Waals surface area contributed by atoms with Gasteiger partial charge in [-0.15, -0.1) is 0 Å². The summed E-state index contributed by atoms with van der Waals surface area (Å²) in [6, 6.07) is 20.2. The summed E-state index contributed by atoms with van der Waals surface area (Å²) in [6.45, 7) is 15.9. The Morgan fingerprint density at radius 1 is 0.588 bits per heavy atom. The van der Waals surface area contributed by atoms with Gasteiger partial charge in [0.15, 0.2) is 0 Å². The van der Waals surface area contributed by atoms with Crippen LogP contribution >= 0.6 is 14.2 Å². The molecule has 3 aromatic rings. The van der Waals surface area contributed by atoms with Crippen molar-refractivity contribution in [2.45, 2.75) is 170 Å². The van der Waals surface area contributed by atoms with Crippen molar-refractivity contribution in [2.24, 2.45) is 9.98 Å². The van der Waals surface area contributed by atoms with Crippen molar-refractivity contribution in [2.75, 3.05) is 0 Å². The molecule has 0 saturated heterocycles. The van der Waals surface area contributed by atoms with E-state index in [4.69, 9.17) is 9.98 Å². The Balaban J connectivity index is 0.00000426. The van der Waals surface area contributed by atoms with Crippen molar-refractivity contribution >= 4 is 37.0 Å². The van der Waals surface area contributed by atoms with E-state index in [0.717, 1.165) is 42.1 Å². The Morgan fingerprint density at radius 2 is 1.10 bits per heavy atom. The van der Waals surface area contributed by atoms with E-state index >= 15 is 0 Å². The van der Waals surface area contributed by atoms with Crippen LogP contribution in [0.3, 0.4) is 0 Å². The molecule has 4 heteroatoms. The van der Waals surface area contributed by atoms with E-state index in [9.17, 15) is 0 Å². The number of nitrogens with zero attached hydrogens (tertiary/aromatic N) is 2. The van der Waals surface area contributed by atoms with E-state index in [0.29, 0.717) is 0 Å². The van der Waals surface area contributed by atoms with Crippen LogP contribution in [-0.4, -0.2) is 11.4 Å². The first-order valence-corrected chi connectivity index (χ1v) is 22.5. The topological polar surface area (TPSA) is 24.7 Å². The average Bonchev–Trinajstić information content (AvgIpc) is 3.14. The molecule has 0 bridgehead atoms. The van der Waals surface area contributed by atoms with Crippen molar-refractivity contribution in [3.63, 3.8) is 0 Å². The van der Waals surface area contributed by atoms with E-state index in [-0.39, 0.29) is 7.43 Å². The summed E-state index contributed by atoms with van der Waals surface area (Å²) in [5.74, 6) is 0. The zero-order valence-corrected chi connectivity index (χ0v) is 36.3. The van der Waals surface area contributed by atoms with E-state index in [2.05, 4.69) is 131 Å². The molecule has 0 aliphatic heterocycles. The van der Waals surface area contributed by atoms with Gasteiger partial charge in [-0.05, 0) is 128 Å². The number of aryl methyl sites for hydroxylation is 3. The second-order valence-electron chi connectivity index (χ2n) is 14.0. The van der Waals surface area contributed by atoms with Crippen LogP contribution in [0.4, 0.5) is 11.4 Å². The molecule has 0 saturated carbocycles. The van der Waals surface area contributed by atoms with Gasteiger partial charge in [0.2, 0.25) is 0 Å². The predicted octanol–water partition coefficient (Wildman–Crippen LogP) is 15.9. The van der Waals surface area contributed by atoms with Gasteiger partial charge in [0.05, 0.1) is 22.8 Å². The summed E-state index contributed by atoms with van der Waals surface area (Å²) in [4.78, 5) is 10.6. The number of hydrogen-bond donors (Lipinski definition) is 0. The summed E-state index contributed by atoms with van der Waals surface area (Å²) in [7, 11) is 0. The van der Waals surface area contributed by atoms with Crippen molar-refractivity contribution in [3.05, 3.63) is 89.8 Å². The number of hydrogen-bond acceptors (Lipinski definition) is 2. The molecule has 3 rings (SSSR count). The third-order valence-corrected chi connectivity index (χ3v) is 10.1. The number of rotatable bonds is 23. The Kier molecular flexibility index (Phi) is 26.2. The molecule has 51 heavy (non-hydrogen) atoms.